The summed E-state index contributed by atoms with van der Waals surface area (Å²) in [6.45, 7) is 1.91. The van der Waals surface area contributed by atoms with Crippen LogP contribution in [0.4, 0.5) is 0 Å². The third-order valence-electron chi connectivity index (χ3n) is 4.68. The summed E-state index contributed by atoms with van der Waals surface area (Å²) in [4.78, 5) is 18.6. The molecule has 2 aliphatic carbocycles. The number of nitrogens with zero attached hydrogens (tertiary/aromatic N) is 5. The van der Waals surface area contributed by atoms with E-state index in [2.05, 4.69) is 51.0 Å². The molecular weight excluding hydrogens is 346 g/mol. The van der Waals surface area contributed by atoms with Gasteiger partial charge in [-0.15, -0.1) is 12.4 Å². The van der Waals surface area contributed by atoms with Crippen molar-refractivity contribution in [3.63, 3.8) is 0 Å². The minimum atomic E-state index is 0. The van der Waals surface area contributed by atoms with Gasteiger partial charge in [0.25, 0.3) is 0 Å². The van der Waals surface area contributed by atoms with Crippen molar-refractivity contribution >= 4 is 24.4 Å². The molecule has 0 aromatic heterocycles. The average molecular weight is 384 g/mol. The molecule has 0 saturated heterocycles. The molecule has 0 spiro atoms. The number of rotatable bonds is 6. The van der Waals surface area contributed by atoms with Gasteiger partial charge >= 0.3 is 0 Å². The quantitative estimate of drug-likeness (QED) is 0.470. The Morgan fingerprint density at radius 3 is 1.73 bits per heavy atom. The van der Waals surface area contributed by atoms with Crippen molar-refractivity contribution in [2.75, 3.05) is 34.2 Å². The summed E-state index contributed by atoms with van der Waals surface area (Å²) in [5.41, 5.74) is 0. The minimum Gasteiger partial charge on any atom is -0.309 e. The van der Waals surface area contributed by atoms with E-state index in [-0.39, 0.29) is 12.4 Å². The zero-order chi connectivity index (χ0) is 18.2. The Morgan fingerprint density at radius 2 is 1.31 bits per heavy atom. The standard InChI is InChI=1S/C13H22N2.C7H15N3.ClH/c1-3-7-12(8-4-1)14-11-15-13-9-5-2-6-10-13;1-8-7-9-5-4-6-10(2)3;/h12-13H,1-10H2;4-6H2,1-3H3;1H. The molecule has 2 rings (SSSR count). The minimum absolute atomic E-state index is 0. The highest BCUT2D eigenvalue weighted by Gasteiger charge is 2.12. The first-order chi connectivity index (χ1) is 12.2. The summed E-state index contributed by atoms with van der Waals surface area (Å²) in [7, 11) is 5.78. The van der Waals surface area contributed by atoms with Crippen molar-refractivity contribution in [1.82, 2.24) is 4.90 Å². The van der Waals surface area contributed by atoms with Crippen molar-refractivity contribution in [3.8, 4) is 0 Å². The van der Waals surface area contributed by atoms with Crippen LogP contribution in [0.2, 0.25) is 0 Å². The first-order valence-electron chi connectivity index (χ1n) is 10.0. The Morgan fingerprint density at radius 1 is 0.808 bits per heavy atom. The Bertz CT molecular complexity index is 417. The Hall–Kier alpha value is -0.990. The van der Waals surface area contributed by atoms with E-state index < -0.39 is 0 Å². The summed E-state index contributed by atoms with van der Waals surface area (Å²) in [6, 6.07) is 6.60. The van der Waals surface area contributed by atoms with Crippen molar-refractivity contribution in [2.24, 2.45) is 20.0 Å². The third-order valence-corrected chi connectivity index (χ3v) is 4.68. The lowest BCUT2D eigenvalue weighted by Gasteiger charge is -2.17. The van der Waals surface area contributed by atoms with Gasteiger partial charge in [-0.05, 0) is 52.7 Å². The Balaban J connectivity index is 0.000000504. The van der Waals surface area contributed by atoms with Gasteiger partial charge in [0.1, 0.15) is 0 Å². The van der Waals surface area contributed by atoms with Gasteiger partial charge in [-0.25, -0.2) is 20.0 Å². The molecule has 0 atom stereocenters. The summed E-state index contributed by atoms with van der Waals surface area (Å²) < 4.78 is 0. The lowest BCUT2D eigenvalue weighted by atomic mass is 9.96. The molecule has 150 valence electrons. The van der Waals surface area contributed by atoms with Gasteiger partial charge in [0, 0.05) is 7.05 Å². The van der Waals surface area contributed by atoms with Crippen LogP contribution in [-0.2, 0) is 0 Å². The fraction of sp³-hybridized carbons (Fsp3) is 0.900. The number of halogens is 1. The topological polar surface area (TPSA) is 52.7 Å². The molecule has 2 aliphatic rings. The first-order valence-corrected chi connectivity index (χ1v) is 10.0. The number of hydrogen-bond acceptors (Lipinski definition) is 5. The first kappa shape index (κ1) is 25.0. The van der Waals surface area contributed by atoms with E-state index in [1.807, 2.05) is 0 Å². The molecule has 0 unspecified atom stereocenters. The molecule has 2 saturated carbocycles. The van der Waals surface area contributed by atoms with Crippen molar-refractivity contribution in [2.45, 2.75) is 82.7 Å². The van der Waals surface area contributed by atoms with E-state index in [9.17, 15) is 0 Å². The van der Waals surface area contributed by atoms with Crippen LogP contribution >= 0.6 is 12.4 Å². The van der Waals surface area contributed by atoms with Crippen LogP contribution in [0, 0.1) is 0 Å². The molecule has 0 aromatic carbocycles. The van der Waals surface area contributed by atoms with Gasteiger partial charge in [-0.1, -0.05) is 38.5 Å². The van der Waals surface area contributed by atoms with Gasteiger partial charge in [-0.3, -0.25) is 0 Å². The van der Waals surface area contributed by atoms with Gasteiger partial charge in [0.05, 0.1) is 30.6 Å². The van der Waals surface area contributed by atoms with Crippen LogP contribution in [0.3, 0.4) is 0 Å². The van der Waals surface area contributed by atoms with E-state index >= 15 is 0 Å². The van der Waals surface area contributed by atoms with E-state index in [4.69, 9.17) is 0 Å². The lowest BCUT2D eigenvalue weighted by Crippen LogP contribution is -2.13. The average Bonchev–Trinajstić information content (AvgIpc) is 2.64. The maximum Gasteiger partial charge on any atom is 0.0898 e. The van der Waals surface area contributed by atoms with Crippen LogP contribution in [-0.4, -0.2) is 63.2 Å². The molecule has 26 heavy (non-hydrogen) atoms. The normalized spacial score (nSPS) is 17.7. The van der Waals surface area contributed by atoms with E-state index in [1.54, 1.807) is 7.05 Å². The third kappa shape index (κ3) is 14.2. The molecule has 5 nitrogen and oxygen atoms in total. The smallest absolute Gasteiger partial charge is 0.0898 e. The van der Waals surface area contributed by atoms with Crippen LogP contribution in [0.1, 0.15) is 70.6 Å². The molecule has 0 bridgehead atoms. The molecule has 2 fully saturated rings. The highest BCUT2D eigenvalue weighted by molar-refractivity contribution is 5.85. The van der Waals surface area contributed by atoms with Crippen LogP contribution in [0.15, 0.2) is 20.0 Å². The van der Waals surface area contributed by atoms with Gasteiger partial charge in [0.2, 0.25) is 0 Å². The highest BCUT2D eigenvalue weighted by atomic mass is 35.5. The molecule has 0 aromatic rings. The summed E-state index contributed by atoms with van der Waals surface area (Å²) in [6.07, 6.45) is 14.3. The second kappa shape index (κ2) is 17.4. The maximum absolute atomic E-state index is 4.46. The molecule has 6 heteroatoms. The summed E-state index contributed by atoms with van der Waals surface area (Å²) in [5, 5.41) is 0. The second-order valence-corrected chi connectivity index (χ2v) is 7.30. The van der Waals surface area contributed by atoms with E-state index in [1.165, 1.54) is 64.2 Å². The van der Waals surface area contributed by atoms with Crippen LogP contribution in [0.25, 0.3) is 0 Å². The second-order valence-electron chi connectivity index (χ2n) is 7.30. The molecule has 0 radical (unpaired) electrons. The molecule has 0 N–H and O–H groups in total. The van der Waals surface area contributed by atoms with Gasteiger partial charge < -0.3 is 4.90 Å². The van der Waals surface area contributed by atoms with Crippen LogP contribution < -0.4 is 0 Å². The number of aliphatic imine (C=N–C) groups is 4. The highest BCUT2D eigenvalue weighted by Crippen LogP contribution is 2.21. The monoisotopic (exact) mass is 383 g/mol. The molecule has 0 amide bonds. The Kier molecular flexibility index (Phi) is 16.8. The predicted molar refractivity (Wildman–Crippen MR) is 115 cm³/mol. The largest absolute Gasteiger partial charge is 0.309 e. The Labute approximate surface area is 166 Å². The number of hydrogen-bond donors (Lipinski definition) is 0. The SMILES string of the molecule is C(=NC1CCCCC1)=NC1CCCCC1.CN=C=NCCCN(C)C.Cl. The summed E-state index contributed by atoms with van der Waals surface area (Å²) >= 11 is 0. The van der Waals surface area contributed by atoms with E-state index in [0.29, 0.717) is 12.1 Å². The molecule has 0 aliphatic heterocycles. The molecule has 0 heterocycles. The predicted octanol–water partition coefficient (Wildman–Crippen LogP) is 4.99. The lowest BCUT2D eigenvalue weighted by molar-refractivity contribution is 0.403. The fourth-order valence-corrected chi connectivity index (χ4v) is 3.20. The van der Waals surface area contributed by atoms with Gasteiger partial charge in [0.15, 0.2) is 0 Å². The van der Waals surface area contributed by atoms with Gasteiger partial charge in [-0.2, -0.15) is 0 Å². The van der Waals surface area contributed by atoms with Crippen molar-refractivity contribution in [3.05, 3.63) is 0 Å². The zero-order valence-corrected chi connectivity index (χ0v) is 17.8. The summed E-state index contributed by atoms with van der Waals surface area (Å²) in [5.74, 6) is 0. The molecular formula is C20H38ClN5. The fourth-order valence-electron chi connectivity index (χ4n) is 3.20. The zero-order valence-electron chi connectivity index (χ0n) is 17.0. The van der Waals surface area contributed by atoms with Crippen molar-refractivity contribution < 1.29 is 0 Å². The van der Waals surface area contributed by atoms with Crippen molar-refractivity contribution in [1.29, 1.82) is 0 Å². The maximum atomic E-state index is 4.46. The van der Waals surface area contributed by atoms with E-state index in [0.717, 1.165) is 19.5 Å². The van der Waals surface area contributed by atoms with Crippen LogP contribution in [0.5, 0.6) is 0 Å².